The van der Waals surface area contributed by atoms with Crippen molar-refractivity contribution in [2.24, 2.45) is 0 Å². The average Bonchev–Trinajstić information content (AvgIpc) is 3.19. The highest BCUT2D eigenvalue weighted by molar-refractivity contribution is 5.92. The van der Waals surface area contributed by atoms with Crippen LogP contribution in [0.1, 0.15) is 18.4 Å². The molecule has 1 atom stereocenters. The predicted molar refractivity (Wildman–Crippen MR) is 102 cm³/mol. The minimum atomic E-state index is -4.48. The van der Waals surface area contributed by atoms with Gasteiger partial charge < -0.3 is 20.4 Å². The lowest BCUT2D eigenvalue weighted by Crippen LogP contribution is -2.19. The highest BCUT2D eigenvalue weighted by atomic mass is 19.4. The Morgan fingerprint density at radius 3 is 2.90 bits per heavy atom. The average molecular weight is 405 g/mol. The van der Waals surface area contributed by atoms with Crippen LogP contribution < -0.4 is 16.2 Å². The summed E-state index contributed by atoms with van der Waals surface area (Å²) >= 11 is 0. The zero-order valence-electron chi connectivity index (χ0n) is 15.2. The van der Waals surface area contributed by atoms with E-state index in [0.717, 1.165) is 31.6 Å². The molecule has 4 rings (SSSR count). The standard InChI is InChI=1S/C19H18F3N5O2/c20-19(21,22)11-3-1-4-12(7-11)26-17-16-14(24-10-25-18(16)28)8-15(27-17)23-9-13-5-2-6-29-13/h1,3-4,7-8,10,13H,2,5-6,9H2,(H2,23,26,27)(H,24,25,28). The first-order chi connectivity index (χ1) is 13.9. The summed E-state index contributed by atoms with van der Waals surface area (Å²) in [6.45, 7) is 1.25. The molecule has 7 nitrogen and oxygen atoms in total. The number of H-pyrrole nitrogens is 1. The van der Waals surface area contributed by atoms with E-state index < -0.39 is 17.3 Å². The summed E-state index contributed by atoms with van der Waals surface area (Å²) in [4.78, 5) is 23.3. The number of ether oxygens (including phenoxy) is 1. The fraction of sp³-hybridized carbons (Fsp3) is 0.316. The summed E-state index contributed by atoms with van der Waals surface area (Å²) in [6, 6.07) is 6.32. The van der Waals surface area contributed by atoms with Crippen molar-refractivity contribution in [3.8, 4) is 0 Å². The number of nitrogens with one attached hydrogen (secondary N) is 3. The molecule has 3 heterocycles. The topological polar surface area (TPSA) is 91.9 Å². The van der Waals surface area contributed by atoms with Crippen molar-refractivity contribution in [3.05, 3.63) is 52.6 Å². The molecule has 0 amide bonds. The van der Waals surface area contributed by atoms with Crippen LogP contribution in [0.5, 0.6) is 0 Å². The van der Waals surface area contributed by atoms with E-state index in [1.807, 2.05) is 0 Å². The van der Waals surface area contributed by atoms with Crippen LogP contribution in [0.3, 0.4) is 0 Å². The molecule has 1 aliphatic rings. The largest absolute Gasteiger partial charge is 0.416 e. The van der Waals surface area contributed by atoms with Crippen LogP contribution in [-0.2, 0) is 10.9 Å². The highest BCUT2D eigenvalue weighted by Gasteiger charge is 2.30. The Morgan fingerprint density at radius 2 is 2.14 bits per heavy atom. The maximum atomic E-state index is 13.0. The SMILES string of the molecule is O=c1[nH]cnc2cc(NCC3CCCO3)nc(Nc3cccc(C(F)(F)F)c3)c12. The first-order valence-corrected chi connectivity index (χ1v) is 9.08. The van der Waals surface area contributed by atoms with Gasteiger partial charge in [-0.25, -0.2) is 9.97 Å². The van der Waals surface area contributed by atoms with Gasteiger partial charge in [0.2, 0.25) is 0 Å². The number of pyridine rings is 1. The smallest absolute Gasteiger partial charge is 0.376 e. The monoisotopic (exact) mass is 405 g/mol. The molecule has 10 heteroatoms. The van der Waals surface area contributed by atoms with E-state index in [0.29, 0.717) is 17.9 Å². The van der Waals surface area contributed by atoms with Crippen molar-refractivity contribution in [2.75, 3.05) is 23.8 Å². The Bertz CT molecular complexity index is 1080. The number of fused-ring (bicyclic) bond motifs is 1. The number of hydrogen-bond acceptors (Lipinski definition) is 6. The van der Waals surface area contributed by atoms with Gasteiger partial charge in [-0.15, -0.1) is 0 Å². The van der Waals surface area contributed by atoms with E-state index in [-0.39, 0.29) is 23.0 Å². The van der Waals surface area contributed by atoms with Crippen molar-refractivity contribution in [3.63, 3.8) is 0 Å². The number of anilines is 3. The second-order valence-electron chi connectivity index (χ2n) is 6.70. The quantitative estimate of drug-likeness (QED) is 0.600. The van der Waals surface area contributed by atoms with Gasteiger partial charge >= 0.3 is 6.18 Å². The number of aromatic nitrogens is 3. The second-order valence-corrected chi connectivity index (χ2v) is 6.70. The van der Waals surface area contributed by atoms with Crippen molar-refractivity contribution in [1.82, 2.24) is 15.0 Å². The molecule has 2 aromatic heterocycles. The molecule has 152 valence electrons. The summed E-state index contributed by atoms with van der Waals surface area (Å²) in [7, 11) is 0. The third kappa shape index (κ3) is 4.32. The van der Waals surface area contributed by atoms with E-state index in [1.165, 1.54) is 18.5 Å². The Labute approximate surface area is 163 Å². The number of aromatic amines is 1. The molecule has 0 spiro atoms. The van der Waals surface area contributed by atoms with Crippen molar-refractivity contribution in [2.45, 2.75) is 25.1 Å². The molecule has 0 aliphatic carbocycles. The molecular formula is C19H18F3N5O2. The molecule has 1 unspecified atom stereocenters. The number of hydrogen-bond donors (Lipinski definition) is 3. The number of rotatable bonds is 5. The fourth-order valence-electron chi connectivity index (χ4n) is 3.20. The molecule has 3 N–H and O–H groups in total. The van der Waals surface area contributed by atoms with Crippen LogP contribution in [0.15, 0.2) is 41.5 Å². The van der Waals surface area contributed by atoms with Gasteiger partial charge in [-0.1, -0.05) is 6.07 Å². The maximum absolute atomic E-state index is 13.0. The van der Waals surface area contributed by atoms with Crippen LogP contribution in [0.4, 0.5) is 30.5 Å². The zero-order chi connectivity index (χ0) is 20.4. The van der Waals surface area contributed by atoms with Gasteiger partial charge in [0.15, 0.2) is 0 Å². The predicted octanol–water partition coefficient (Wildman–Crippen LogP) is 3.67. The molecular weight excluding hydrogens is 387 g/mol. The molecule has 0 radical (unpaired) electrons. The number of nitrogens with zero attached hydrogens (tertiary/aromatic N) is 2. The van der Waals surface area contributed by atoms with Gasteiger partial charge in [-0.2, -0.15) is 13.2 Å². The lowest BCUT2D eigenvalue weighted by molar-refractivity contribution is -0.137. The van der Waals surface area contributed by atoms with Gasteiger partial charge in [0.05, 0.1) is 23.5 Å². The molecule has 3 aromatic rings. The van der Waals surface area contributed by atoms with Gasteiger partial charge in [-0.3, -0.25) is 4.79 Å². The Balaban J connectivity index is 1.69. The Hall–Kier alpha value is -3.14. The van der Waals surface area contributed by atoms with Crippen LogP contribution in [0.25, 0.3) is 10.9 Å². The molecule has 1 aromatic carbocycles. The lowest BCUT2D eigenvalue weighted by atomic mass is 10.2. The van der Waals surface area contributed by atoms with Crippen LogP contribution in [-0.4, -0.2) is 34.2 Å². The second kappa shape index (κ2) is 7.70. The van der Waals surface area contributed by atoms with E-state index >= 15 is 0 Å². The fourth-order valence-corrected chi connectivity index (χ4v) is 3.20. The van der Waals surface area contributed by atoms with Gasteiger partial charge in [0, 0.05) is 24.9 Å². The summed E-state index contributed by atoms with van der Waals surface area (Å²) in [5.74, 6) is 0.562. The van der Waals surface area contributed by atoms with Crippen molar-refractivity contribution in [1.29, 1.82) is 0 Å². The van der Waals surface area contributed by atoms with Crippen LogP contribution in [0.2, 0.25) is 0 Å². The number of benzene rings is 1. The molecule has 1 saturated heterocycles. The van der Waals surface area contributed by atoms with Gasteiger partial charge in [-0.05, 0) is 31.0 Å². The normalized spacial score (nSPS) is 16.9. The zero-order valence-corrected chi connectivity index (χ0v) is 15.2. The first kappa shape index (κ1) is 19.2. The third-order valence-corrected chi connectivity index (χ3v) is 4.61. The van der Waals surface area contributed by atoms with E-state index in [1.54, 1.807) is 6.07 Å². The summed E-state index contributed by atoms with van der Waals surface area (Å²) in [5.41, 5.74) is -0.713. The van der Waals surface area contributed by atoms with Crippen molar-refractivity contribution < 1.29 is 17.9 Å². The third-order valence-electron chi connectivity index (χ3n) is 4.61. The van der Waals surface area contributed by atoms with E-state index in [4.69, 9.17) is 4.74 Å². The molecule has 0 saturated carbocycles. The summed E-state index contributed by atoms with van der Waals surface area (Å²) in [5, 5.41) is 6.14. The first-order valence-electron chi connectivity index (χ1n) is 9.08. The Morgan fingerprint density at radius 1 is 1.28 bits per heavy atom. The van der Waals surface area contributed by atoms with E-state index in [9.17, 15) is 18.0 Å². The number of alkyl halides is 3. The van der Waals surface area contributed by atoms with Gasteiger partial charge in [0.25, 0.3) is 5.56 Å². The summed E-state index contributed by atoms with van der Waals surface area (Å²) < 4.78 is 44.6. The number of halogens is 3. The van der Waals surface area contributed by atoms with E-state index in [2.05, 4.69) is 25.6 Å². The minimum Gasteiger partial charge on any atom is -0.376 e. The summed E-state index contributed by atoms with van der Waals surface area (Å²) in [6.07, 6.45) is -1.20. The maximum Gasteiger partial charge on any atom is 0.416 e. The molecule has 29 heavy (non-hydrogen) atoms. The van der Waals surface area contributed by atoms with Crippen molar-refractivity contribution >= 4 is 28.2 Å². The lowest BCUT2D eigenvalue weighted by Gasteiger charge is -2.15. The van der Waals surface area contributed by atoms with Crippen LogP contribution >= 0.6 is 0 Å². The molecule has 0 bridgehead atoms. The van der Waals surface area contributed by atoms with Gasteiger partial charge in [0.1, 0.15) is 17.0 Å². The van der Waals surface area contributed by atoms with Crippen LogP contribution in [0, 0.1) is 0 Å². The Kier molecular flexibility index (Phi) is 5.10. The minimum absolute atomic E-state index is 0.0690. The molecule has 1 fully saturated rings. The molecule has 1 aliphatic heterocycles. The highest BCUT2D eigenvalue weighted by Crippen LogP contribution is 2.32.